The quantitative estimate of drug-likeness (QED) is 0.632. The van der Waals surface area contributed by atoms with Gasteiger partial charge in [0.15, 0.2) is 0 Å². The summed E-state index contributed by atoms with van der Waals surface area (Å²) in [5.41, 5.74) is 0.238. The van der Waals surface area contributed by atoms with E-state index in [1.54, 1.807) is 18.2 Å². The number of aromatic carboxylic acids is 1. The third-order valence-corrected chi connectivity index (χ3v) is 2.47. The zero-order valence-electron chi connectivity index (χ0n) is 11.2. The largest absolute Gasteiger partial charge is 0.492 e. The topological polar surface area (TPSA) is 67.8 Å². The maximum atomic E-state index is 10.8. The molecule has 0 fully saturated rings. The summed E-state index contributed by atoms with van der Waals surface area (Å²) in [6.45, 7) is 5.63. The Labute approximate surface area is 113 Å². The molecule has 0 heterocycles. The Balaban J connectivity index is 2.12. The van der Waals surface area contributed by atoms with E-state index in [9.17, 15) is 4.79 Å². The molecule has 0 bridgehead atoms. The fourth-order valence-electron chi connectivity index (χ4n) is 1.53. The Kier molecular flexibility index (Phi) is 7.62. The third kappa shape index (κ3) is 6.79. The summed E-state index contributed by atoms with van der Waals surface area (Å²) >= 11 is 0. The second-order valence-corrected chi connectivity index (χ2v) is 3.98. The van der Waals surface area contributed by atoms with Gasteiger partial charge in [-0.25, -0.2) is 4.79 Å². The summed E-state index contributed by atoms with van der Waals surface area (Å²) < 4.78 is 10.7. The van der Waals surface area contributed by atoms with E-state index in [4.69, 9.17) is 14.6 Å². The van der Waals surface area contributed by atoms with Crippen LogP contribution in [0.25, 0.3) is 0 Å². The van der Waals surface area contributed by atoms with Crippen molar-refractivity contribution in [3.63, 3.8) is 0 Å². The SMILES string of the molecule is CCOCCCNCCOc1cccc(C(=O)O)c1. The molecule has 0 aliphatic heterocycles. The maximum absolute atomic E-state index is 10.8. The van der Waals surface area contributed by atoms with Gasteiger partial charge in [0.2, 0.25) is 0 Å². The lowest BCUT2D eigenvalue weighted by Gasteiger charge is -2.08. The van der Waals surface area contributed by atoms with Gasteiger partial charge in [-0.3, -0.25) is 0 Å². The number of carboxylic acid groups (broad SMARTS) is 1. The maximum Gasteiger partial charge on any atom is 0.335 e. The van der Waals surface area contributed by atoms with Crippen LogP contribution in [-0.2, 0) is 4.74 Å². The molecule has 5 heteroatoms. The standard InChI is InChI=1S/C14H21NO4/c1-2-18-9-4-7-15-8-10-19-13-6-3-5-12(11-13)14(16)17/h3,5-6,11,15H,2,4,7-10H2,1H3,(H,16,17). The van der Waals surface area contributed by atoms with Crippen LogP contribution in [0.5, 0.6) is 5.75 Å². The van der Waals surface area contributed by atoms with Gasteiger partial charge >= 0.3 is 5.97 Å². The molecule has 0 aliphatic rings. The van der Waals surface area contributed by atoms with Crippen LogP contribution in [0.1, 0.15) is 23.7 Å². The number of nitrogens with one attached hydrogen (secondary N) is 1. The first-order chi connectivity index (χ1) is 9.24. The summed E-state index contributed by atoms with van der Waals surface area (Å²) in [5.74, 6) is -0.365. The Bertz CT molecular complexity index is 381. The van der Waals surface area contributed by atoms with Crippen molar-refractivity contribution in [1.82, 2.24) is 5.32 Å². The predicted octanol–water partition coefficient (Wildman–Crippen LogP) is 1.78. The van der Waals surface area contributed by atoms with Crippen LogP contribution >= 0.6 is 0 Å². The molecule has 1 rings (SSSR count). The zero-order chi connectivity index (χ0) is 13.9. The monoisotopic (exact) mass is 267 g/mol. The lowest BCUT2D eigenvalue weighted by molar-refractivity contribution is 0.0696. The Hall–Kier alpha value is -1.59. The first kappa shape index (κ1) is 15.5. The van der Waals surface area contributed by atoms with Crippen molar-refractivity contribution in [3.8, 4) is 5.75 Å². The molecule has 0 aliphatic carbocycles. The van der Waals surface area contributed by atoms with Gasteiger partial charge in [-0.2, -0.15) is 0 Å². The highest BCUT2D eigenvalue weighted by Gasteiger charge is 2.03. The third-order valence-electron chi connectivity index (χ3n) is 2.47. The normalized spacial score (nSPS) is 10.4. The van der Waals surface area contributed by atoms with Gasteiger partial charge < -0.3 is 19.9 Å². The minimum absolute atomic E-state index is 0.238. The molecule has 5 nitrogen and oxygen atoms in total. The fraction of sp³-hybridized carbons (Fsp3) is 0.500. The molecule has 106 valence electrons. The molecule has 1 aromatic rings. The smallest absolute Gasteiger partial charge is 0.335 e. The molecule has 0 spiro atoms. The van der Waals surface area contributed by atoms with Crippen molar-refractivity contribution in [2.24, 2.45) is 0 Å². The second-order valence-electron chi connectivity index (χ2n) is 3.98. The van der Waals surface area contributed by atoms with Crippen molar-refractivity contribution < 1.29 is 19.4 Å². The van der Waals surface area contributed by atoms with Gasteiger partial charge in [-0.1, -0.05) is 6.07 Å². The number of hydrogen-bond acceptors (Lipinski definition) is 4. The molecule has 0 atom stereocenters. The van der Waals surface area contributed by atoms with Crippen LogP contribution in [0.4, 0.5) is 0 Å². The Morgan fingerprint density at radius 3 is 2.89 bits per heavy atom. The molecular weight excluding hydrogens is 246 g/mol. The van der Waals surface area contributed by atoms with Crippen molar-refractivity contribution in [3.05, 3.63) is 29.8 Å². The van der Waals surface area contributed by atoms with Gasteiger partial charge in [-0.15, -0.1) is 0 Å². The minimum atomic E-state index is -0.945. The van der Waals surface area contributed by atoms with E-state index in [0.29, 0.717) is 12.4 Å². The van der Waals surface area contributed by atoms with Gasteiger partial charge in [0.05, 0.1) is 5.56 Å². The molecular formula is C14H21NO4. The predicted molar refractivity (Wildman–Crippen MR) is 72.9 cm³/mol. The van der Waals surface area contributed by atoms with E-state index in [1.165, 1.54) is 6.07 Å². The molecule has 19 heavy (non-hydrogen) atoms. The van der Waals surface area contributed by atoms with Gasteiger partial charge in [0.25, 0.3) is 0 Å². The van der Waals surface area contributed by atoms with E-state index in [2.05, 4.69) is 5.32 Å². The minimum Gasteiger partial charge on any atom is -0.492 e. The van der Waals surface area contributed by atoms with Gasteiger partial charge in [0.1, 0.15) is 12.4 Å². The molecule has 0 aromatic heterocycles. The lowest BCUT2D eigenvalue weighted by Crippen LogP contribution is -2.23. The van der Waals surface area contributed by atoms with Crippen LogP contribution in [0.3, 0.4) is 0 Å². The first-order valence-corrected chi connectivity index (χ1v) is 6.48. The molecule has 0 amide bonds. The van der Waals surface area contributed by atoms with Crippen LogP contribution in [0.15, 0.2) is 24.3 Å². The molecule has 0 saturated carbocycles. The van der Waals surface area contributed by atoms with Crippen LogP contribution in [0.2, 0.25) is 0 Å². The zero-order valence-corrected chi connectivity index (χ0v) is 11.2. The van der Waals surface area contributed by atoms with Gasteiger partial charge in [0, 0.05) is 19.8 Å². The number of benzene rings is 1. The molecule has 0 unspecified atom stereocenters. The Morgan fingerprint density at radius 2 is 2.16 bits per heavy atom. The average Bonchev–Trinajstić information content (AvgIpc) is 2.42. The molecule has 0 saturated heterocycles. The molecule has 0 radical (unpaired) electrons. The van der Waals surface area contributed by atoms with E-state index in [1.807, 2.05) is 6.92 Å². The number of hydrogen-bond donors (Lipinski definition) is 2. The average molecular weight is 267 g/mol. The summed E-state index contributed by atoms with van der Waals surface area (Å²) in [5, 5.41) is 12.1. The van der Waals surface area contributed by atoms with Crippen molar-refractivity contribution in [1.29, 1.82) is 0 Å². The van der Waals surface area contributed by atoms with Gasteiger partial charge in [-0.05, 0) is 38.1 Å². The summed E-state index contributed by atoms with van der Waals surface area (Å²) in [6, 6.07) is 6.49. The lowest BCUT2D eigenvalue weighted by atomic mass is 10.2. The number of ether oxygens (including phenoxy) is 2. The molecule has 2 N–H and O–H groups in total. The van der Waals surface area contributed by atoms with E-state index < -0.39 is 5.97 Å². The van der Waals surface area contributed by atoms with Crippen molar-refractivity contribution in [2.45, 2.75) is 13.3 Å². The number of carbonyl (C=O) groups is 1. The summed E-state index contributed by atoms with van der Waals surface area (Å²) in [6.07, 6.45) is 0.975. The van der Waals surface area contributed by atoms with E-state index >= 15 is 0 Å². The summed E-state index contributed by atoms with van der Waals surface area (Å²) in [7, 11) is 0. The van der Waals surface area contributed by atoms with Crippen LogP contribution < -0.4 is 10.1 Å². The van der Waals surface area contributed by atoms with E-state index in [-0.39, 0.29) is 5.56 Å². The van der Waals surface area contributed by atoms with E-state index in [0.717, 1.165) is 32.7 Å². The highest BCUT2D eigenvalue weighted by molar-refractivity contribution is 5.87. The number of carboxylic acids is 1. The van der Waals surface area contributed by atoms with Crippen LogP contribution in [-0.4, -0.2) is 44.0 Å². The van der Waals surface area contributed by atoms with Crippen molar-refractivity contribution >= 4 is 5.97 Å². The number of rotatable bonds is 10. The highest BCUT2D eigenvalue weighted by Crippen LogP contribution is 2.12. The first-order valence-electron chi connectivity index (χ1n) is 6.48. The summed E-state index contributed by atoms with van der Waals surface area (Å²) in [4.78, 5) is 10.8. The molecule has 1 aromatic carbocycles. The van der Waals surface area contributed by atoms with Crippen LogP contribution in [0, 0.1) is 0 Å². The highest BCUT2D eigenvalue weighted by atomic mass is 16.5. The second kappa shape index (κ2) is 9.35. The fourth-order valence-corrected chi connectivity index (χ4v) is 1.53. The van der Waals surface area contributed by atoms with Crippen molar-refractivity contribution in [2.75, 3.05) is 32.9 Å². The Morgan fingerprint density at radius 1 is 1.32 bits per heavy atom.